The standard InChI is InChI=1S/C16H28O4/c1-5-8-9-10-14(16(18)20-12-7-3)13(4)15(17)19-11-6-2/h5-12H2,1-4H3/b14-13-. The third-order valence-corrected chi connectivity index (χ3v) is 2.91. The largest absolute Gasteiger partial charge is 0.462 e. The molecular formula is C16H28O4. The highest BCUT2D eigenvalue weighted by Crippen LogP contribution is 2.17. The molecule has 0 heterocycles. The van der Waals surface area contributed by atoms with Crippen molar-refractivity contribution < 1.29 is 19.1 Å². The summed E-state index contributed by atoms with van der Waals surface area (Å²) in [6.45, 7) is 8.38. The Morgan fingerprint density at radius 3 is 1.85 bits per heavy atom. The van der Waals surface area contributed by atoms with Gasteiger partial charge in [0.15, 0.2) is 0 Å². The molecular weight excluding hydrogens is 256 g/mol. The number of rotatable bonds is 10. The lowest BCUT2D eigenvalue weighted by atomic mass is 10.0. The van der Waals surface area contributed by atoms with E-state index in [1.54, 1.807) is 6.92 Å². The Hall–Kier alpha value is -1.32. The van der Waals surface area contributed by atoms with Crippen LogP contribution in [0.1, 0.15) is 66.2 Å². The van der Waals surface area contributed by atoms with Crippen molar-refractivity contribution in [3.63, 3.8) is 0 Å². The second-order valence-corrected chi connectivity index (χ2v) is 4.83. The number of ether oxygens (including phenoxy) is 2. The summed E-state index contributed by atoms with van der Waals surface area (Å²) in [5.41, 5.74) is 0.851. The minimum Gasteiger partial charge on any atom is -0.462 e. The number of unbranched alkanes of at least 4 members (excludes halogenated alkanes) is 2. The van der Waals surface area contributed by atoms with Crippen molar-refractivity contribution in [3.05, 3.63) is 11.1 Å². The molecule has 0 aliphatic rings. The molecule has 0 rings (SSSR count). The lowest BCUT2D eigenvalue weighted by molar-refractivity contribution is -0.142. The van der Waals surface area contributed by atoms with E-state index in [0.717, 1.165) is 32.1 Å². The Morgan fingerprint density at radius 1 is 0.800 bits per heavy atom. The number of hydrogen-bond acceptors (Lipinski definition) is 4. The summed E-state index contributed by atoms with van der Waals surface area (Å²) < 4.78 is 10.2. The van der Waals surface area contributed by atoms with Gasteiger partial charge in [0.2, 0.25) is 0 Å². The smallest absolute Gasteiger partial charge is 0.334 e. The molecule has 0 aromatic rings. The molecule has 0 aromatic carbocycles. The van der Waals surface area contributed by atoms with Crippen LogP contribution in [0.3, 0.4) is 0 Å². The Morgan fingerprint density at radius 2 is 1.35 bits per heavy atom. The van der Waals surface area contributed by atoms with Crippen molar-refractivity contribution in [2.45, 2.75) is 66.2 Å². The average molecular weight is 284 g/mol. The van der Waals surface area contributed by atoms with E-state index >= 15 is 0 Å². The SMILES string of the molecule is CCCCC/C(C(=O)OCCC)=C(\C)C(=O)OCCC. The van der Waals surface area contributed by atoms with Gasteiger partial charge >= 0.3 is 11.9 Å². The zero-order chi connectivity index (χ0) is 15.4. The minimum absolute atomic E-state index is 0.377. The number of carbonyl (C=O) groups excluding carboxylic acids is 2. The minimum atomic E-state index is -0.410. The molecule has 0 aliphatic heterocycles. The molecule has 0 saturated heterocycles. The summed E-state index contributed by atoms with van der Waals surface area (Å²) in [7, 11) is 0. The molecule has 0 aromatic heterocycles. The fourth-order valence-electron chi connectivity index (χ4n) is 1.70. The fraction of sp³-hybridized carbons (Fsp3) is 0.750. The van der Waals surface area contributed by atoms with E-state index in [9.17, 15) is 9.59 Å². The van der Waals surface area contributed by atoms with E-state index in [-0.39, 0.29) is 5.97 Å². The van der Waals surface area contributed by atoms with Crippen LogP contribution >= 0.6 is 0 Å². The summed E-state index contributed by atoms with van der Waals surface area (Å²) in [5.74, 6) is -0.791. The van der Waals surface area contributed by atoms with Crippen molar-refractivity contribution in [2.75, 3.05) is 13.2 Å². The summed E-state index contributed by atoms with van der Waals surface area (Å²) in [6, 6.07) is 0. The van der Waals surface area contributed by atoms with Crippen LogP contribution in [0.25, 0.3) is 0 Å². The molecule has 116 valence electrons. The van der Waals surface area contributed by atoms with Gasteiger partial charge < -0.3 is 9.47 Å². The van der Waals surface area contributed by atoms with Crippen LogP contribution < -0.4 is 0 Å². The summed E-state index contributed by atoms with van der Waals surface area (Å²) in [6.07, 6.45) is 5.09. The first-order valence-electron chi connectivity index (χ1n) is 7.62. The first kappa shape index (κ1) is 18.7. The van der Waals surface area contributed by atoms with E-state index in [1.807, 2.05) is 13.8 Å². The normalized spacial score (nSPS) is 11.8. The van der Waals surface area contributed by atoms with Gasteiger partial charge in [-0.15, -0.1) is 0 Å². The molecule has 4 nitrogen and oxygen atoms in total. The number of esters is 2. The van der Waals surface area contributed by atoms with E-state index < -0.39 is 5.97 Å². The molecule has 0 fully saturated rings. The third kappa shape index (κ3) is 7.31. The summed E-state index contributed by atoms with van der Waals surface area (Å²) in [5, 5.41) is 0. The molecule has 4 heteroatoms. The van der Waals surface area contributed by atoms with Crippen LogP contribution in [0.5, 0.6) is 0 Å². The lowest BCUT2D eigenvalue weighted by Crippen LogP contribution is -2.16. The van der Waals surface area contributed by atoms with Gasteiger partial charge in [0.1, 0.15) is 0 Å². The first-order chi connectivity index (χ1) is 9.58. The highest BCUT2D eigenvalue weighted by atomic mass is 16.5. The molecule has 0 N–H and O–H groups in total. The van der Waals surface area contributed by atoms with Gasteiger partial charge in [-0.2, -0.15) is 0 Å². The number of carbonyl (C=O) groups is 2. The van der Waals surface area contributed by atoms with Gasteiger partial charge in [0, 0.05) is 11.1 Å². The van der Waals surface area contributed by atoms with Gasteiger partial charge in [-0.3, -0.25) is 0 Å². The Labute approximate surface area is 122 Å². The Kier molecular flexibility index (Phi) is 10.7. The van der Waals surface area contributed by atoms with E-state index in [1.165, 1.54) is 0 Å². The molecule has 0 spiro atoms. The van der Waals surface area contributed by atoms with Crippen LogP contribution in [0.2, 0.25) is 0 Å². The first-order valence-corrected chi connectivity index (χ1v) is 7.62. The van der Waals surface area contributed by atoms with Crippen LogP contribution in [-0.2, 0) is 19.1 Å². The van der Waals surface area contributed by atoms with Crippen molar-refractivity contribution >= 4 is 11.9 Å². The molecule has 0 saturated carbocycles. The topological polar surface area (TPSA) is 52.6 Å². The lowest BCUT2D eigenvalue weighted by Gasteiger charge is -2.11. The maximum absolute atomic E-state index is 12.0. The third-order valence-electron chi connectivity index (χ3n) is 2.91. The van der Waals surface area contributed by atoms with Gasteiger partial charge in [-0.1, -0.05) is 33.6 Å². The van der Waals surface area contributed by atoms with Crippen LogP contribution in [-0.4, -0.2) is 25.2 Å². The average Bonchev–Trinajstić information content (AvgIpc) is 2.46. The second-order valence-electron chi connectivity index (χ2n) is 4.83. The van der Waals surface area contributed by atoms with Crippen molar-refractivity contribution in [3.8, 4) is 0 Å². The highest BCUT2D eigenvalue weighted by molar-refractivity contribution is 5.99. The highest BCUT2D eigenvalue weighted by Gasteiger charge is 2.19. The van der Waals surface area contributed by atoms with Gasteiger partial charge in [-0.05, 0) is 32.6 Å². The maximum Gasteiger partial charge on any atom is 0.334 e. The zero-order valence-electron chi connectivity index (χ0n) is 13.3. The van der Waals surface area contributed by atoms with Crippen LogP contribution in [0.4, 0.5) is 0 Å². The Bertz CT molecular complexity index is 331. The van der Waals surface area contributed by atoms with E-state index in [0.29, 0.717) is 30.8 Å². The monoisotopic (exact) mass is 284 g/mol. The van der Waals surface area contributed by atoms with Gasteiger partial charge in [0.25, 0.3) is 0 Å². The molecule has 0 radical (unpaired) electrons. The fourth-order valence-corrected chi connectivity index (χ4v) is 1.70. The van der Waals surface area contributed by atoms with Crippen LogP contribution in [0.15, 0.2) is 11.1 Å². The summed E-state index contributed by atoms with van der Waals surface area (Å²) >= 11 is 0. The predicted molar refractivity (Wildman–Crippen MR) is 79.3 cm³/mol. The van der Waals surface area contributed by atoms with E-state index in [4.69, 9.17) is 9.47 Å². The predicted octanol–water partition coefficient (Wildman–Crippen LogP) is 3.79. The molecule has 0 atom stereocenters. The quantitative estimate of drug-likeness (QED) is 0.348. The summed E-state index contributed by atoms with van der Waals surface area (Å²) in [4.78, 5) is 23.9. The second kappa shape index (κ2) is 11.5. The van der Waals surface area contributed by atoms with Crippen LogP contribution in [0, 0.1) is 0 Å². The zero-order valence-corrected chi connectivity index (χ0v) is 13.3. The van der Waals surface area contributed by atoms with Crippen molar-refractivity contribution in [1.29, 1.82) is 0 Å². The molecule has 0 aliphatic carbocycles. The molecule has 0 amide bonds. The van der Waals surface area contributed by atoms with Crippen molar-refractivity contribution in [1.82, 2.24) is 0 Å². The number of hydrogen-bond donors (Lipinski definition) is 0. The molecule has 0 unspecified atom stereocenters. The maximum atomic E-state index is 12.0. The Balaban J connectivity index is 4.85. The van der Waals surface area contributed by atoms with E-state index in [2.05, 4.69) is 6.92 Å². The van der Waals surface area contributed by atoms with Gasteiger partial charge in [0.05, 0.1) is 13.2 Å². The van der Waals surface area contributed by atoms with Gasteiger partial charge in [-0.25, -0.2) is 9.59 Å². The van der Waals surface area contributed by atoms with Crippen molar-refractivity contribution in [2.24, 2.45) is 0 Å². The molecule has 20 heavy (non-hydrogen) atoms. The molecule has 0 bridgehead atoms.